The highest BCUT2D eigenvalue weighted by Crippen LogP contribution is 2.39. The second-order valence-electron chi connectivity index (χ2n) is 8.02. The lowest BCUT2D eigenvalue weighted by atomic mass is 10.1. The number of hydrogen-bond acceptors (Lipinski definition) is 7. The highest BCUT2D eigenvalue weighted by molar-refractivity contribution is 7.93. The molecule has 0 radical (unpaired) electrons. The summed E-state index contributed by atoms with van der Waals surface area (Å²) in [5, 5.41) is 2.19. The van der Waals surface area contributed by atoms with Crippen molar-refractivity contribution in [3.8, 4) is 0 Å². The number of anilines is 1. The Labute approximate surface area is 208 Å². The largest absolute Gasteiger partial charge is 0.413 e. The summed E-state index contributed by atoms with van der Waals surface area (Å²) < 4.78 is 35.3. The van der Waals surface area contributed by atoms with E-state index in [1.165, 1.54) is 30.6 Å². The van der Waals surface area contributed by atoms with E-state index in [1.54, 1.807) is 48.5 Å². The second-order valence-corrected chi connectivity index (χ2v) is 10.7. The fourth-order valence-electron chi connectivity index (χ4n) is 4.32. The van der Waals surface area contributed by atoms with E-state index in [0.29, 0.717) is 26.4 Å². The quantitative estimate of drug-likeness (QED) is 0.305. The van der Waals surface area contributed by atoms with Crippen LogP contribution in [-0.4, -0.2) is 19.3 Å². The molecule has 36 heavy (non-hydrogen) atoms. The molecule has 4 aromatic carbocycles. The molecule has 0 aliphatic heterocycles. The highest BCUT2D eigenvalue weighted by Gasteiger charge is 2.35. The summed E-state index contributed by atoms with van der Waals surface area (Å²) in [6, 6.07) is 23.5. The minimum atomic E-state index is -4.43. The van der Waals surface area contributed by atoms with Crippen molar-refractivity contribution in [3.05, 3.63) is 113 Å². The molecule has 0 aliphatic carbocycles. The zero-order chi connectivity index (χ0) is 24.9. The van der Waals surface area contributed by atoms with Crippen molar-refractivity contribution in [2.24, 2.45) is 0 Å². The van der Waals surface area contributed by atoms with E-state index >= 15 is 0 Å². The van der Waals surface area contributed by atoms with Crippen LogP contribution in [0.15, 0.2) is 111 Å². The molecule has 1 amide bonds. The van der Waals surface area contributed by atoms with Gasteiger partial charge in [-0.05, 0) is 29.7 Å². The van der Waals surface area contributed by atoms with Gasteiger partial charge in [-0.15, -0.1) is 0 Å². The molecule has 7 nitrogen and oxygen atoms in total. The third-order valence-electron chi connectivity index (χ3n) is 5.90. The molecule has 0 atom stereocenters. The van der Waals surface area contributed by atoms with E-state index in [9.17, 15) is 18.0 Å². The predicted molar refractivity (Wildman–Crippen MR) is 140 cm³/mol. The van der Waals surface area contributed by atoms with Gasteiger partial charge in [0.25, 0.3) is 15.9 Å². The Balaban J connectivity index is 1.71. The standard InChI is InChI=1S/C27H16N2O5S2/c30-26(18-9-6-14-28-16-18)29(36(32,33)24-13-5-8-17-7-1-2-10-19(17)24)22-15-23-25(34-27(31)35-23)21-12-4-3-11-20(21)22/h1-16H. The fraction of sp³-hybridized carbons (Fsp3) is 0. The first-order valence-corrected chi connectivity index (χ1v) is 13.1. The zero-order valence-corrected chi connectivity index (χ0v) is 20.1. The van der Waals surface area contributed by atoms with Gasteiger partial charge in [0.05, 0.1) is 20.8 Å². The summed E-state index contributed by atoms with van der Waals surface area (Å²) >= 11 is 0.848. The molecular weight excluding hydrogens is 496 g/mol. The highest BCUT2D eigenvalue weighted by atomic mass is 32.2. The van der Waals surface area contributed by atoms with Crippen molar-refractivity contribution in [3.63, 3.8) is 0 Å². The molecule has 176 valence electrons. The number of aromatic nitrogens is 1. The van der Waals surface area contributed by atoms with E-state index in [4.69, 9.17) is 4.42 Å². The maximum Gasteiger partial charge on any atom is 0.396 e. The molecule has 0 spiro atoms. The minimum Gasteiger partial charge on any atom is -0.413 e. The van der Waals surface area contributed by atoms with Gasteiger partial charge in [0, 0.05) is 28.6 Å². The number of benzene rings is 4. The average molecular weight is 513 g/mol. The molecule has 0 aliphatic rings. The average Bonchev–Trinajstić information content (AvgIpc) is 3.29. The Hall–Kier alpha value is -4.34. The number of hydrogen-bond donors (Lipinski definition) is 0. The normalized spacial score (nSPS) is 11.8. The first kappa shape index (κ1) is 22.1. The van der Waals surface area contributed by atoms with Crippen molar-refractivity contribution < 1.29 is 17.6 Å². The van der Waals surface area contributed by atoms with E-state index in [1.807, 2.05) is 18.2 Å². The van der Waals surface area contributed by atoms with Crippen LogP contribution in [0.25, 0.3) is 31.8 Å². The van der Waals surface area contributed by atoms with Gasteiger partial charge in [-0.3, -0.25) is 9.78 Å². The van der Waals surface area contributed by atoms with Crippen molar-refractivity contribution >= 4 is 64.8 Å². The van der Waals surface area contributed by atoms with Crippen LogP contribution in [0.1, 0.15) is 10.4 Å². The van der Waals surface area contributed by atoms with Gasteiger partial charge in [-0.25, -0.2) is 13.2 Å². The number of amides is 1. The minimum absolute atomic E-state index is 0.0117. The van der Waals surface area contributed by atoms with Crippen LogP contribution in [0.2, 0.25) is 0 Å². The topological polar surface area (TPSA) is 97.6 Å². The lowest BCUT2D eigenvalue weighted by molar-refractivity contribution is 0.100. The third-order valence-corrected chi connectivity index (χ3v) is 8.43. The maximum absolute atomic E-state index is 14.3. The molecule has 0 bridgehead atoms. The molecule has 9 heteroatoms. The van der Waals surface area contributed by atoms with Crippen molar-refractivity contribution in [2.45, 2.75) is 4.90 Å². The lowest BCUT2D eigenvalue weighted by Gasteiger charge is -2.25. The lowest BCUT2D eigenvalue weighted by Crippen LogP contribution is -2.37. The first-order chi connectivity index (χ1) is 17.4. The van der Waals surface area contributed by atoms with Crippen LogP contribution < -0.4 is 9.24 Å². The van der Waals surface area contributed by atoms with Crippen molar-refractivity contribution in [1.29, 1.82) is 0 Å². The number of nitrogens with zero attached hydrogens (tertiary/aromatic N) is 2. The second kappa shape index (κ2) is 8.40. The molecule has 0 unspecified atom stereocenters. The summed E-state index contributed by atoms with van der Waals surface area (Å²) in [6.45, 7) is 0. The predicted octanol–water partition coefficient (Wildman–Crippen LogP) is 5.59. The summed E-state index contributed by atoms with van der Waals surface area (Å²) in [5.74, 6) is -0.767. The monoisotopic (exact) mass is 512 g/mol. The molecular formula is C27H16N2O5S2. The number of carbonyl (C=O) groups is 1. The first-order valence-electron chi connectivity index (χ1n) is 10.9. The van der Waals surface area contributed by atoms with Crippen molar-refractivity contribution in [1.82, 2.24) is 4.98 Å². The Morgan fingerprint density at radius 3 is 2.36 bits per heavy atom. The van der Waals surface area contributed by atoms with E-state index in [2.05, 4.69) is 4.98 Å². The van der Waals surface area contributed by atoms with Gasteiger partial charge in [0.1, 0.15) is 0 Å². The van der Waals surface area contributed by atoms with Gasteiger partial charge < -0.3 is 4.42 Å². The Morgan fingerprint density at radius 1 is 0.861 bits per heavy atom. The molecule has 0 saturated heterocycles. The van der Waals surface area contributed by atoms with Gasteiger partial charge in [0.2, 0.25) is 0 Å². The molecule has 6 rings (SSSR count). The van der Waals surface area contributed by atoms with E-state index < -0.39 is 20.9 Å². The smallest absolute Gasteiger partial charge is 0.396 e. The maximum atomic E-state index is 14.3. The Bertz CT molecular complexity index is 1960. The number of pyridine rings is 1. The van der Waals surface area contributed by atoms with E-state index in [-0.39, 0.29) is 16.1 Å². The van der Waals surface area contributed by atoms with Crippen LogP contribution in [0.5, 0.6) is 0 Å². The summed E-state index contributed by atoms with van der Waals surface area (Å²) in [7, 11) is -4.43. The molecule has 2 heterocycles. The summed E-state index contributed by atoms with van der Waals surface area (Å²) in [5.41, 5.74) is 0.573. The van der Waals surface area contributed by atoms with Crippen LogP contribution in [0.4, 0.5) is 5.69 Å². The van der Waals surface area contributed by atoms with Crippen molar-refractivity contribution in [2.75, 3.05) is 4.31 Å². The van der Waals surface area contributed by atoms with Gasteiger partial charge in [0.15, 0.2) is 5.58 Å². The molecule has 2 aromatic heterocycles. The van der Waals surface area contributed by atoms with Crippen LogP contribution in [0.3, 0.4) is 0 Å². The fourth-order valence-corrected chi connectivity index (χ4v) is 6.69. The third kappa shape index (κ3) is 3.48. The number of fused-ring (bicyclic) bond motifs is 4. The van der Waals surface area contributed by atoms with Crippen LogP contribution >= 0.6 is 11.3 Å². The van der Waals surface area contributed by atoms with Gasteiger partial charge in [-0.1, -0.05) is 72.0 Å². The number of rotatable bonds is 4. The number of carbonyl (C=O) groups excluding carboxylic acids is 1. The SMILES string of the molecule is O=C(c1cccnc1)N(c1cc2sc(=O)oc2c2ccccc12)S(=O)(=O)c1cccc2ccccc12. The Kier molecular flexibility index (Phi) is 5.17. The summed E-state index contributed by atoms with van der Waals surface area (Å²) in [4.78, 5) is 29.5. The number of sulfonamides is 1. The molecule has 0 N–H and O–H groups in total. The summed E-state index contributed by atoms with van der Waals surface area (Å²) in [6.07, 6.45) is 2.83. The van der Waals surface area contributed by atoms with Crippen LogP contribution in [-0.2, 0) is 10.0 Å². The van der Waals surface area contributed by atoms with E-state index in [0.717, 1.165) is 21.0 Å². The van der Waals surface area contributed by atoms with Gasteiger partial charge in [-0.2, -0.15) is 4.31 Å². The molecule has 0 saturated carbocycles. The van der Waals surface area contributed by atoms with Gasteiger partial charge >= 0.3 is 4.94 Å². The zero-order valence-electron chi connectivity index (χ0n) is 18.5. The molecule has 0 fully saturated rings. The Morgan fingerprint density at radius 2 is 1.58 bits per heavy atom. The molecule has 6 aromatic rings. The van der Waals surface area contributed by atoms with Crippen LogP contribution in [0, 0.1) is 0 Å².